The van der Waals surface area contributed by atoms with Crippen molar-refractivity contribution in [2.45, 2.75) is 25.4 Å². The van der Waals surface area contributed by atoms with Crippen molar-refractivity contribution in [2.75, 3.05) is 11.1 Å². The number of imidazole rings is 1. The number of nitrogens with one attached hydrogen (secondary N) is 2. The Labute approximate surface area is 196 Å². The van der Waals surface area contributed by atoms with Crippen LogP contribution in [0.3, 0.4) is 0 Å². The van der Waals surface area contributed by atoms with Crippen LogP contribution in [0, 0.1) is 0 Å². The summed E-state index contributed by atoms with van der Waals surface area (Å²) < 4.78 is 2.12. The third-order valence-corrected chi connectivity index (χ3v) is 6.12. The summed E-state index contributed by atoms with van der Waals surface area (Å²) in [5.74, 6) is 0.693. The molecule has 3 aromatic carbocycles. The first-order chi connectivity index (χ1) is 16.7. The quantitative estimate of drug-likeness (QED) is 0.329. The van der Waals surface area contributed by atoms with Crippen LogP contribution in [0.1, 0.15) is 28.8 Å². The number of fused-ring (bicyclic) bond motifs is 3. The summed E-state index contributed by atoms with van der Waals surface area (Å²) >= 11 is 0. The SMILES string of the molecule is Nc1ccc(CNc2nc3ccccc3n3c(-c4ccc(C(=O)NC5CC5)cc4)cnc23)cc1. The number of anilines is 2. The maximum Gasteiger partial charge on any atom is 0.251 e. The molecule has 7 nitrogen and oxygen atoms in total. The minimum absolute atomic E-state index is 0.0176. The molecular formula is C27H24N6O. The first-order valence-corrected chi connectivity index (χ1v) is 11.4. The number of carbonyl (C=O) groups excluding carboxylic acids is 1. The second kappa shape index (κ2) is 8.19. The highest BCUT2D eigenvalue weighted by atomic mass is 16.1. The van der Waals surface area contributed by atoms with Gasteiger partial charge in [-0.2, -0.15) is 0 Å². The van der Waals surface area contributed by atoms with Gasteiger partial charge in [-0.3, -0.25) is 9.20 Å². The van der Waals surface area contributed by atoms with Crippen molar-refractivity contribution < 1.29 is 4.79 Å². The molecule has 0 aliphatic heterocycles. The van der Waals surface area contributed by atoms with Gasteiger partial charge in [0.1, 0.15) is 0 Å². The Balaban J connectivity index is 1.38. The smallest absolute Gasteiger partial charge is 0.251 e. The summed E-state index contributed by atoms with van der Waals surface area (Å²) in [7, 11) is 0. The predicted octanol–water partition coefficient (Wildman–Crippen LogP) is 4.64. The maximum absolute atomic E-state index is 12.4. The van der Waals surface area contributed by atoms with Crippen LogP contribution in [0.5, 0.6) is 0 Å². The van der Waals surface area contributed by atoms with Gasteiger partial charge >= 0.3 is 0 Å². The number of rotatable bonds is 6. The van der Waals surface area contributed by atoms with Crippen molar-refractivity contribution in [1.82, 2.24) is 19.7 Å². The fraction of sp³-hybridized carbons (Fsp3) is 0.148. The van der Waals surface area contributed by atoms with E-state index in [4.69, 9.17) is 15.7 Å². The van der Waals surface area contributed by atoms with Crippen molar-refractivity contribution >= 4 is 34.1 Å². The van der Waals surface area contributed by atoms with Gasteiger partial charge in [0.25, 0.3) is 5.91 Å². The molecule has 0 radical (unpaired) electrons. The Bertz CT molecular complexity index is 1500. The van der Waals surface area contributed by atoms with Crippen LogP contribution in [0.2, 0.25) is 0 Å². The van der Waals surface area contributed by atoms with Gasteiger partial charge in [0.05, 0.1) is 22.9 Å². The lowest BCUT2D eigenvalue weighted by Gasteiger charge is -2.12. The zero-order valence-corrected chi connectivity index (χ0v) is 18.5. The summed E-state index contributed by atoms with van der Waals surface area (Å²) in [6, 6.07) is 23.8. The molecule has 1 aliphatic rings. The summed E-state index contributed by atoms with van der Waals surface area (Å²) in [5, 5.41) is 6.48. The Kier molecular flexibility index (Phi) is 4.87. The Morgan fingerprint density at radius 2 is 1.76 bits per heavy atom. The van der Waals surface area contributed by atoms with Crippen molar-refractivity contribution in [3.05, 3.63) is 90.1 Å². The lowest BCUT2D eigenvalue weighted by molar-refractivity contribution is 0.0951. The van der Waals surface area contributed by atoms with Crippen LogP contribution in [0.4, 0.5) is 11.5 Å². The molecule has 5 aromatic rings. The molecule has 7 heteroatoms. The van der Waals surface area contributed by atoms with E-state index in [0.29, 0.717) is 24.0 Å². The van der Waals surface area contributed by atoms with Crippen LogP contribution < -0.4 is 16.4 Å². The molecule has 0 atom stereocenters. The lowest BCUT2D eigenvalue weighted by Crippen LogP contribution is -2.25. The number of para-hydroxylation sites is 2. The molecule has 34 heavy (non-hydrogen) atoms. The van der Waals surface area contributed by atoms with Gasteiger partial charge in [-0.15, -0.1) is 0 Å². The van der Waals surface area contributed by atoms with E-state index < -0.39 is 0 Å². The Morgan fingerprint density at radius 3 is 2.53 bits per heavy atom. The summed E-state index contributed by atoms with van der Waals surface area (Å²) in [6.07, 6.45) is 4.00. The summed E-state index contributed by atoms with van der Waals surface area (Å²) in [5.41, 5.74) is 12.8. The van der Waals surface area contributed by atoms with Gasteiger partial charge in [-0.05, 0) is 54.8 Å². The van der Waals surface area contributed by atoms with E-state index in [9.17, 15) is 4.79 Å². The summed E-state index contributed by atoms with van der Waals surface area (Å²) in [6.45, 7) is 0.605. The van der Waals surface area contributed by atoms with Gasteiger partial charge in [-0.1, -0.05) is 36.4 Å². The summed E-state index contributed by atoms with van der Waals surface area (Å²) in [4.78, 5) is 21.9. The number of nitrogen functional groups attached to an aromatic ring is 1. The van der Waals surface area contributed by atoms with Crippen LogP contribution in [-0.2, 0) is 6.54 Å². The molecule has 0 unspecified atom stereocenters. The van der Waals surface area contributed by atoms with E-state index in [2.05, 4.69) is 15.0 Å². The molecule has 0 saturated heterocycles. The van der Waals surface area contributed by atoms with Crippen molar-refractivity contribution in [1.29, 1.82) is 0 Å². The van der Waals surface area contributed by atoms with Gasteiger partial charge in [-0.25, -0.2) is 9.97 Å². The topological polar surface area (TPSA) is 97.3 Å². The van der Waals surface area contributed by atoms with E-state index in [1.165, 1.54) is 0 Å². The highest BCUT2D eigenvalue weighted by Gasteiger charge is 2.23. The number of nitrogens with zero attached hydrogens (tertiary/aromatic N) is 3. The number of aromatic nitrogens is 3. The van der Waals surface area contributed by atoms with Crippen LogP contribution >= 0.6 is 0 Å². The van der Waals surface area contributed by atoms with Crippen molar-refractivity contribution in [3.63, 3.8) is 0 Å². The second-order valence-electron chi connectivity index (χ2n) is 8.67. The van der Waals surface area contributed by atoms with E-state index in [1.54, 1.807) is 0 Å². The lowest BCUT2D eigenvalue weighted by atomic mass is 10.1. The minimum Gasteiger partial charge on any atom is -0.399 e. The average Bonchev–Trinajstić information content (AvgIpc) is 3.57. The van der Waals surface area contributed by atoms with Gasteiger partial charge in [0.2, 0.25) is 0 Å². The van der Waals surface area contributed by atoms with Crippen molar-refractivity contribution in [2.24, 2.45) is 0 Å². The first kappa shape index (κ1) is 20.2. The Hall–Kier alpha value is -4.39. The normalized spacial score (nSPS) is 13.3. The molecule has 1 saturated carbocycles. The largest absolute Gasteiger partial charge is 0.399 e. The molecular weight excluding hydrogens is 424 g/mol. The second-order valence-corrected chi connectivity index (χ2v) is 8.67. The molecule has 6 rings (SSSR count). The number of carbonyl (C=O) groups is 1. The minimum atomic E-state index is -0.0176. The van der Waals surface area contributed by atoms with Gasteiger partial charge < -0.3 is 16.4 Å². The molecule has 2 heterocycles. The van der Waals surface area contributed by atoms with Gasteiger partial charge in [0, 0.05) is 29.4 Å². The molecule has 1 fully saturated rings. The maximum atomic E-state index is 12.4. The van der Waals surface area contributed by atoms with E-state index >= 15 is 0 Å². The third-order valence-electron chi connectivity index (χ3n) is 6.12. The fourth-order valence-electron chi connectivity index (χ4n) is 4.11. The molecule has 1 amide bonds. The van der Waals surface area contributed by atoms with Crippen molar-refractivity contribution in [3.8, 4) is 11.3 Å². The molecule has 1 aliphatic carbocycles. The molecule has 2 aromatic heterocycles. The highest BCUT2D eigenvalue weighted by Crippen LogP contribution is 2.29. The predicted molar refractivity (Wildman–Crippen MR) is 135 cm³/mol. The average molecular weight is 449 g/mol. The highest BCUT2D eigenvalue weighted by molar-refractivity contribution is 5.95. The number of nitrogens with two attached hydrogens (primary N) is 1. The van der Waals surface area contributed by atoms with E-state index in [-0.39, 0.29) is 5.91 Å². The number of amides is 1. The van der Waals surface area contributed by atoms with E-state index in [1.807, 2.05) is 79.0 Å². The van der Waals surface area contributed by atoms with Gasteiger partial charge in [0.15, 0.2) is 11.5 Å². The zero-order valence-electron chi connectivity index (χ0n) is 18.5. The number of hydrogen-bond donors (Lipinski definition) is 3. The third kappa shape index (κ3) is 3.81. The number of hydrogen-bond acceptors (Lipinski definition) is 5. The standard InChI is InChI=1S/C27H24N6O/c28-20-11-5-17(6-12-20)15-29-25-26-30-16-24(33(26)23-4-2-1-3-22(23)32-25)18-7-9-19(10-8-18)27(34)31-21-13-14-21/h1-12,16,21H,13-15,28H2,(H,29,32)(H,31,34). The van der Waals surface area contributed by atoms with Crippen LogP contribution in [0.25, 0.3) is 27.9 Å². The Morgan fingerprint density at radius 1 is 1.00 bits per heavy atom. The molecule has 0 spiro atoms. The zero-order chi connectivity index (χ0) is 23.1. The monoisotopic (exact) mass is 448 g/mol. The molecule has 0 bridgehead atoms. The van der Waals surface area contributed by atoms with Crippen LogP contribution in [-0.4, -0.2) is 26.3 Å². The number of benzene rings is 3. The molecule has 4 N–H and O–H groups in total. The first-order valence-electron chi connectivity index (χ1n) is 11.4. The van der Waals surface area contributed by atoms with Crippen LogP contribution in [0.15, 0.2) is 79.0 Å². The fourth-order valence-corrected chi connectivity index (χ4v) is 4.11. The van der Waals surface area contributed by atoms with E-state index in [0.717, 1.165) is 52.0 Å². The molecule has 168 valence electrons.